The first-order valence-corrected chi connectivity index (χ1v) is 13.7. The molecule has 0 unspecified atom stereocenters. The molecule has 3 aromatic rings. The number of aromatic nitrogens is 1. The van der Waals surface area contributed by atoms with E-state index in [1.165, 1.54) is 0 Å². The number of alkyl halides is 3. The van der Waals surface area contributed by atoms with Crippen LogP contribution >= 0.6 is 23.5 Å². The number of carbonyl (C=O) groups is 1. The molecule has 1 fully saturated rings. The van der Waals surface area contributed by atoms with Crippen molar-refractivity contribution >= 4 is 41.0 Å². The zero-order chi connectivity index (χ0) is 27.8. The van der Waals surface area contributed by atoms with Gasteiger partial charge in [0.1, 0.15) is 11.0 Å². The number of nitrogens with one attached hydrogen (secondary N) is 2. The first-order chi connectivity index (χ1) is 18.7. The molecule has 0 bridgehead atoms. The van der Waals surface area contributed by atoms with Gasteiger partial charge in [-0.05, 0) is 79.5 Å². The number of hydrogen-bond donors (Lipinski definition) is 3. The Morgan fingerprint density at radius 3 is 2.46 bits per heavy atom. The fourth-order valence-electron chi connectivity index (χ4n) is 4.11. The second-order valence-electron chi connectivity index (χ2n) is 9.00. The largest absolute Gasteiger partial charge is 0.416 e. The predicted molar refractivity (Wildman–Crippen MR) is 150 cm³/mol. The van der Waals surface area contributed by atoms with Gasteiger partial charge in [0, 0.05) is 48.9 Å². The van der Waals surface area contributed by atoms with Crippen molar-refractivity contribution in [2.24, 2.45) is 5.73 Å². The fourth-order valence-corrected chi connectivity index (χ4v) is 5.22. The molecule has 1 aliphatic rings. The molecule has 0 saturated carbocycles. The summed E-state index contributed by atoms with van der Waals surface area (Å²) in [5, 5.41) is 6.09. The maximum Gasteiger partial charge on any atom is 0.416 e. The summed E-state index contributed by atoms with van der Waals surface area (Å²) >= 11 is 7.41. The molecule has 208 valence electrons. The van der Waals surface area contributed by atoms with E-state index in [9.17, 15) is 18.0 Å². The number of nitrogens with two attached hydrogens (primary N) is 1. The number of rotatable bonds is 10. The molecule has 1 aliphatic heterocycles. The van der Waals surface area contributed by atoms with Crippen LogP contribution in [0.3, 0.4) is 0 Å². The lowest BCUT2D eigenvalue weighted by atomic mass is 10.1. The molecule has 0 radical (unpaired) electrons. The number of nitrogens with zero attached hydrogens (tertiary/aromatic N) is 3. The molecule has 39 heavy (non-hydrogen) atoms. The highest BCUT2D eigenvalue weighted by Crippen LogP contribution is 2.33. The second-order valence-corrected chi connectivity index (χ2v) is 10.6. The summed E-state index contributed by atoms with van der Waals surface area (Å²) in [5.41, 5.74) is 6.96. The number of amides is 1. The molecule has 12 heteroatoms. The summed E-state index contributed by atoms with van der Waals surface area (Å²) in [5.74, 6) is 0.0542. The summed E-state index contributed by atoms with van der Waals surface area (Å²) in [6.07, 6.45) is -3.61. The van der Waals surface area contributed by atoms with E-state index >= 15 is 0 Å². The first-order valence-electron chi connectivity index (χ1n) is 12.6. The van der Waals surface area contributed by atoms with Crippen molar-refractivity contribution < 1.29 is 18.0 Å². The Hall–Kier alpha value is -2.83. The smallest absolute Gasteiger partial charge is 0.354 e. The van der Waals surface area contributed by atoms with Crippen LogP contribution in [0, 0.1) is 0 Å². The van der Waals surface area contributed by atoms with E-state index in [2.05, 4.69) is 19.9 Å². The van der Waals surface area contributed by atoms with Gasteiger partial charge in [-0.15, -0.1) is 0 Å². The van der Waals surface area contributed by atoms with Gasteiger partial charge < -0.3 is 21.3 Å². The monoisotopic (exact) mass is 578 g/mol. The van der Waals surface area contributed by atoms with Crippen LogP contribution in [0.2, 0.25) is 5.15 Å². The maximum absolute atomic E-state index is 13.1. The summed E-state index contributed by atoms with van der Waals surface area (Å²) in [7, 11) is 0. The molecule has 4 rings (SSSR count). The predicted octanol–water partition coefficient (Wildman–Crippen LogP) is 5.27. The van der Waals surface area contributed by atoms with Crippen molar-refractivity contribution in [1.82, 2.24) is 14.6 Å². The SMILES string of the molecule is NCCCNCc1ccccc1C(=O)Nc1ccc(SN2CCN(c3cc(C(F)(F)F)cc(Cl)n3)CC2)cc1. The van der Waals surface area contributed by atoms with Gasteiger partial charge >= 0.3 is 6.18 Å². The number of halogens is 4. The highest BCUT2D eigenvalue weighted by molar-refractivity contribution is 7.97. The topological polar surface area (TPSA) is 86.5 Å². The normalized spacial score (nSPS) is 14.4. The Kier molecular flexibility index (Phi) is 10.1. The minimum Gasteiger partial charge on any atom is -0.354 e. The highest BCUT2D eigenvalue weighted by atomic mass is 35.5. The molecule has 0 aliphatic carbocycles. The zero-order valence-corrected chi connectivity index (χ0v) is 22.8. The molecule has 2 aromatic carbocycles. The van der Waals surface area contributed by atoms with Crippen LogP contribution in [0.1, 0.15) is 27.9 Å². The Labute approximate surface area is 235 Å². The van der Waals surface area contributed by atoms with Gasteiger partial charge in [-0.3, -0.25) is 4.79 Å². The van der Waals surface area contributed by atoms with Crippen LogP contribution in [0.15, 0.2) is 65.6 Å². The Bertz CT molecular complexity index is 1250. The van der Waals surface area contributed by atoms with Gasteiger partial charge in [0.2, 0.25) is 0 Å². The Morgan fingerprint density at radius 2 is 1.77 bits per heavy atom. The molecule has 4 N–H and O–H groups in total. The van der Waals surface area contributed by atoms with Crippen LogP contribution in [-0.2, 0) is 12.7 Å². The molecule has 0 spiro atoms. The summed E-state index contributed by atoms with van der Waals surface area (Å²) in [4.78, 5) is 19.8. The number of benzene rings is 2. The van der Waals surface area contributed by atoms with E-state index in [-0.39, 0.29) is 16.9 Å². The van der Waals surface area contributed by atoms with E-state index in [0.29, 0.717) is 50.5 Å². The number of carbonyl (C=O) groups excluding carboxylic acids is 1. The molecule has 1 aromatic heterocycles. The average molecular weight is 579 g/mol. The third-order valence-electron chi connectivity index (χ3n) is 6.15. The lowest BCUT2D eigenvalue weighted by molar-refractivity contribution is -0.137. The highest BCUT2D eigenvalue weighted by Gasteiger charge is 2.32. The molecule has 0 atom stereocenters. The van der Waals surface area contributed by atoms with Gasteiger partial charge in [0.15, 0.2) is 0 Å². The number of pyridine rings is 1. The number of hydrogen-bond acceptors (Lipinski definition) is 7. The van der Waals surface area contributed by atoms with Gasteiger partial charge in [0.25, 0.3) is 5.91 Å². The average Bonchev–Trinajstić information content (AvgIpc) is 2.92. The zero-order valence-electron chi connectivity index (χ0n) is 21.2. The van der Waals surface area contributed by atoms with Gasteiger partial charge in [-0.25, -0.2) is 9.29 Å². The van der Waals surface area contributed by atoms with Crippen molar-refractivity contribution in [2.45, 2.75) is 24.0 Å². The van der Waals surface area contributed by atoms with Crippen molar-refractivity contribution in [3.8, 4) is 0 Å². The van der Waals surface area contributed by atoms with Crippen LogP contribution in [-0.4, -0.2) is 54.5 Å². The lowest BCUT2D eigenvalue weighted by Gasteiger charge is -2.34. The van der Waals surface area contributed by atoms with E-state index in [1.54, 1.807) is 11.9 Å². The third-order valence-corrected chi connectivity index (χ3v) is 7.45. The summed E-state index contributed by atoms with van der Waals surface area (Å²) < 4.78 is 41.6. The molecule has 1 saturated heterocycles. The van der Waals surface area contributed by atoms with Crippen LogP contribution in [0.5, 0.6) is 0 Å². The molecular weight excluding hydrogens is 549 g/mol. The molecule has 2 heterocycles. The number of piperazine rings is 1. The Morgan fingerprint density at radius 1 is 1.05 bits per heavy atom. The Balaban J connectivity index is 1.29. The van der Waals surface area contributed by atoms with Crippen molar-refractivity contribution in [3.63, 3.8) is 0 Å². The van der Waals surface area contributed by atoms with Crippen molar-refractivity contribution in [3.05, 3.63) is 82.5 Å². The third kappa shape index (κ3) is 8.33. The van der Waals surface area contributed by atoms with Gasteiger partial charge in [-0.2, -0.15) is 13.2 Å². The first kappa shape index (κ1) is 29.2. The molecular formula is C27H30ClF3N6OS. The van der Waals surface area contributed by atoms with E-state index in [0.717, 1.165) is 35.6 Å². The van der Waals surface area contributed by atoms with Gasteiger partial charge in [0.05, 0.1) is 5.56 Å². The minimum absolute atomic E-state index is 0.175. The molecule has 7 nitrogen and oxygen atoms in total. The summed E-state index contributed by atoms with van der Waals surface area (Å²) in [6.45, 7) is 4.30. The van der Waals surface area contributed by atoms with Crippen LogP contribution < -0.4 is 21.3 Å². The molecule has 1 amide bonds. The summed E-state index contributed by atoms with van der Waals surface area (Å²) in [6, 6.07) is 16.9. The van der Waals surface area contributed by atoms with Crippen molar-refractivity contribution in [1.29, 1.82) is 0 Å². The van der Waals surface area contributed by atoms with E-state index < -0.39 is 11.7 Å². The second kappa shape index (κ2) is 13.5. The van der Waals surface area contributed by atoms with Crippen molar-refractivity contribution in [2.75, 3.05) is 49.5 Å². The van der Waals surface area contributed by atoms with Gasteiger partial charge in [-0.1, -0.05) is 29.8 Å². The van der Waals surface area contributed by atoms with E-state index in [4.69, 9.17) is 17.3 Å². The van der Waals surface area contributed by atoms with E-state index in [1.807, 2.05) is 53.4 Å². The minimum atomic E-state index is -4.48. The lowest BCUT2D eigenvalue weighted by Crippen LogP contribution is -2.43. The number of anilines is 2. The quantitative estimate of drug-likeness (QED) is 0.172. The van der Waals surface area contributed by atoms with Crippen LogP contribution in [0.25, 0.3) is 0 Å². The fraction of sp³-hybridized carbons (Fsp3) is 0.333. The van der Waals surface area contributed by atoms with Crippen LogP contribution in [0.4, 0.5) is 24.7 Å². The maximum atomic E-state index is 13.1. The standard InChI is InChI=1S/C27H30ClF3N6OS/c28-24-16-20(27(29,30)31)17-25(35-24)36-12-14-37(15-13-36)39-22-8-6-21(7-9-22)34-26(38)23-5-2-1-4-19(23)18-33-11-3-10-32/h1-2,4-9,16-17,33H,3,10-15,18,32H2,(H,34,38).